The Kier molecular flexibility index (Phi) is 3.53. The van der Waals surface area contributed by atoms with Crippen molar-refractivity contribution in [1.82, 2.24) is 5.43 Å². The zero-order valence-corrected chi connectivity index (χ0v) is 12.6. The number of aryl methyl sites for hydroxylation is 2. The number of rotatable bonds is 3. The predicted octanol–water partition coefficient (Wildman–Crippen LogP) is 3.91. The van der Waals surface area contributed by atoms with Crippen LogP contribution in [0.1, 0.15) is 34.1 Å². The van der Waals surface area contributed by atoms with Crippen LogP contribution >= 0.6 is 0 Å². The van der Waals surface area contributed by atoms with Gasteiger partial charge in [0.2, 0.25) is 0 Å². The molecule has 0 aliphatic rings. The van der Waals surface area contributed by atoms with E-state index in [9.17, 15) is 0 Å². The van der Waals surface area contributed by atoms with E-state index in [0.717, 1.165) is 22.3 Å². The van der Waals surface area contributed by atoms with Crippen LogP contribution in [0.15, 0.2) is 46.9 Å². The monoisotopic (exact) mass is 280 g/mol. The van der Waals surface area contributed by atoms with Crippen LogP contribution in [0.3, 0.4) is 0 Å². The number of hydrazine groups is 1. The van der Waals surface area contributed by atoms with E-state index in [1.165, 1.54) is 16.7 Å². The molecule has 0 saturated carbocycles. The smallest absolute Gasteiger partial charge is 0.134 e. The van der Waals surface area contributed by atoms with Gasteiger partial charge >= 0.3 is 0 Å². The van der Waals surface area contributed by atoms with Crippen molar-refractivity contribution < 1.29 is 4.42 Å². The molecule has 2 aromatic carbocycles. The van der Waals surface area contributed by atoms with Gasteiger partial charge in [-0.15, -0.1) is 0 Å². The number of benzene rings is 2. The zero-order valence-electron chi connectivity index (χ0n) is 12.6. The number of hydrogen-bond donors (Lipinski definition) is 2. The van der Waals surface area contributed by atoms with E-state index in [-0.39, 0.29) is 6.04 Å². The van der Waals surface area contributed by atoms with Gasteiger partial charge in [-0.3, -0.25) is 5.84 Å². The highest BCUT2D eigenvalue weighted by atomic mass is 16.3. The minimum absolute atomic E-state index is 0.141. The molecule has 3 nitrogen and oxygen atoms in total. The SMILES string of the molecule is Cc1ccc2oc(C(NN)c3cccc(C)c3C)cc2c1. The average molecular weight is 280 g/mol. The summed E-state index contributed by atoms with van der Waals surface area (Å²) in [5.41, 5.74) is 8.63. The molecule has 0 bridgehead atoms. The summed E-state index contributed by atoms with van der Waals surface area (Å²) in [5.74, 6) is 6.64. The minimum atomic E-state index is -0.141. The van der Waals surface area contributed by atoms with Crippen molar-refractivity contribution in [3.05, 3.63) is 70.5 Å². The lowest BCUT2D eigenvalue weighted by Crippen LogP contribution is -2.29. The molecule has 1 atom stereocenters. The minimum Gasteiger partial charge on any atom is -0.459 e. The summed E-state index contributed by atoms with van der Waals surface area (Å²) >= 11 is 0. The van der Waals surface area contributed by atoms with E-state index >= 15 is 0 Å². The third-order valence-electron chi connectivity index (χ3n) is 4.10. The second kappa shape index (κ2) is 5.35. The summed E-state index contributed by atoms with van der Waals surface area (Å²) in [6.45, 7) is 6.30. The lowest BCUT2D eigenvalue weighted by atomic mass is 9.96. The van der Waals surface area contributed by atoms with Gasteiger partial charge in [-0.25, -0.2) is 5.43 Å². The maximum Gasteiger partial charge on any atom is 0.134 e. The molecule has 1 heterocycles. The van der Waals surface area contributed by atoms with Crippen molar-refractivity contribution in [3.8, 4) is 0 Å². The summed E-state index contributed by atoms with van der Waals surface area (Å²) in [7, 11) is 0. The fourth-order valence-electron chi connectivity index (χ4n) is 2.74. The second-order valence-electron chi connectivity index (χ2n) is 5.58. The maximum atomic E-state index is 5.98. The fourth-order valence-corrected chi connectivity index (χ4v) is 2.74. The number of nitrogens with one attached hydrogen (secondary N) is 1. The van der Waals surface area contributed by atoms with Crippen molar-refractivity contribution in [2.45, 2.75) is 26.8 Å². The van der Waals surface area contributed by atoms with Crippen LogP contribution in [-0.2, 0) is 0 Å². The molecule has 3 aromatic rings. The third-order valence-corrected chi connectivity index (χ3v) is 4.10. The van der Waals surface area contributed by atoms with E-state index in [0.29, 0.717) is 0 Å². The molecule has 108 valence electrons. The topological polar surface area (TPSA) is 51.2 Å². The van der Waals surface area contributed by atoms with Crippen LogP contribution in [-0.4, -0.2) is 0 Å². The number of nitrogens with two attached hydrogens (primary N) is 1. The summed E-state index contributed by atoms with van der Waals surface area (Å²) in [6, 6.07) is 14.4. The molecule has 3 rings (SSSR count). The molecule has 0 saturated heterocycles. The van der Waals surface area contributed by atoms with E-state index in [1.54, 1.807) is 0 Å². The van der Waals surface area contributed by atoms with E-state index in [2.05, 4.69) is 62.6 Å². The number of furan rings is 1. The maximum absolute atomic E-state index is 5.98. The van der Waals surface area contributed by atoms with Gasteiger partial charge in [0, 0.05) is 5.39 Å². The summed E-state index contributed by atoms with van der Waals surface area (Å²) in [6.07, 6.45) is 0. The molecule has 0 spiro atoms. The van der Waals surface area contributed by atoms with Gasteiger partial charge in [0.1, 0.15) is 17.4 Å². The summed E-state index contributed by atoms with van der Waals surface area (Å²) in [4.78, 5) is 0. The molecule has 0 amide bonds. The van der Waals surface area contributed by atoms with Gasteiger partial charge in [0.15, 0.2) is 0 Å². The Bertz CT molecular complexity index is 789. The summed E-state index contributed by atoms with van der Waals surface area (Å²) < 4.78 is 5.98. The first-order valence-corrected chi connectivity index (χ1v) is 7.12. The van der Waals surface area contributed by atoms with Crippen molar-refractivity contribution >= 4 is 11.0 Å². The highest BCUT2D eigenvalue weighted by Crippen LogP contribution is 2.30. The van der Waals surface area contributed by atoms with Crippen molar-refractivity contribution in [2.75, 3.05) is 0 Å². The van der Waals surface area contributed by atoms with Gasteiger partial charge in [-0.1, -0.05) is 29.8 Å². The van der Waals surface area contributed by atoms with Crippen molar-refractivity contribution in [1.29, 1.82) is 0 Å². The molecule has 1 aromatic heterocycles. The molecule has 0 radical (unpaired) electrons. The lowest BCUT2D eigenvalue weighted by molar-refractivity contribution is 0.476. The molecular formula is C18H20N2O. The Morgan fingerprint density at radius 1 is 1.05 bits per heavy atom. The van der Waals surface area contributed by atoms with E-state index < -0.39 is 0 Å². The van der Waals surface area contributed by atoms with E-state index in [1.807, 2.05) is 6.07 Å². The van der Waals surface area contributed by atoms with Gasteiger partial charge in [-0.2, -0.15) is 0 Å². The molecule has 3 N–H and O–H groups in total. The largest absolute Gasteiger partial charge is 0.459 e. The van der Waals surface area contributed by atoms with Gasteiger partial charge in [0.05, 0.1) is 0 Å². The first-order valence-electron chi connectivity index (χ1n) is 7.12. The lowest BCUT2D eigenvalue weighted by Gasteiger charge is -2.17. The Morgan fingerprint density at radius 2 is 1.86 bits per heavy atom. The van der Waals surface area contributed by atoms with Gasteiger partial charge < -0.3 is 4.42 Å². The average Bonchev–Trinajstić information content (AvgIpc) is 2.87. The number of fused-ring (bicyclic) bond motifs is 1. The van der Waals surface area contributed by atoms with Crippen LogP contribution < -0.4 is 11.3 Å². The standard InChI is InChI=1S/C18H20N2O/c1-11-7-8-16-14(9-11)10-17(21-16)18(20-19)15-6-4-5-12(2)13(15)3/h4-10,18,20H,19H2,1-3H3. The van der Waals surface area contributed by atoms with Crippen LogP contribution in [0.5, 0.6) is 0 Å². The Morgan fingerprint density at radius 3 is 2.62 bits per heavy atom. The van der Waals surface area contributed by atoms with Crippen LogP contribution in [0, 0.1) is 20.8 Å². The van der Waals surface area contributed by atoms with Crippen LogP contribution in [0.4, 0.5) is 0 Å². The quantitative estimate of drug-likeness (QED) is 0.565. The van der Waals surface area contributed by atoms with Crippen LogP contribution in [0.2, 0.25) is 0 Å². The Labute approximate surface area is 124 Å². The molecule has 0 aliphatic heterocycles. The highest BCUT2D eigenvalue weighted by molar-refractivity contribution is 5.79. The van der Waals surface area contributed by atoms with E-state index in [4.69, 9.17) is 10.3 Å². The third kappa shape index (κ3) is 2.46. The molecule has 1 unspecified atom stereocenters. The number of hydrogen-bond acceptors (Lipinski definition) is 3. The first-order chi connectivity index (χ1) is 10.1. The fraction of sp³-hybridized carbons (Fsp3) is 0.222. The Hall–Kier alpha value is -2.10. The van der Waals surface area contributed by atoms with Crippen molar-refractivity contribution in [3.63, 3.8) is 0 Å². The van der Waals surface area contributed by atoms with Gasteiger partial charge in [-0.05, 0) is 55.7 Å². The molecule has 0 fully saturated rings. The second-order valence-corrected chi connectivity index (χ2v) is 5.58. The predicted molar refractivity (Wildman–Crippen MR) is 86.0 cm³/mol. The molecule has 21 heavy (non-hydrogen) atoms. The van der Waals surface area contributed by atoms with Gasteiger partial charge in [0.25, 0.3) is 0 Å². The Balaban J connectivity index is 2.11. The molecule has 3 heteroatoms. The summed E-state index contributed by atoms with van der Waals surface area (Å²) in [5, 5.41) is 1.11. The molecular weight excluding hydrogens is 260 g/mol. The normalized spacial score (nSPS) is 12.8. The first kappa shape index (κ1) is 13.9. The van der Waals surface area contributed by atoms with Crippen molar-refractivity contribution in [2.24, 2.45) is 5.84 Å². The zero-order chi connectivity index (χ0) is 15.0. The molecule has 0 aliphatic carbocycles. The van der Waals surface area contributed by atoms with Crippen LogP contribution in [0.25, 0.3) is 11.0 Å². The highest BCUT2D eigenvalue weighted by Gasteiger charge is 2.19.